The van der Waals surface area contributed by atoms with Crippen LogP contribution in [0.3, 0.4) is 0 Å². The zero-order valence-corrected chi connectivity index (χ0v) is 9.18. The molecule has 2 aromatic rings. The molecule has 2 N–H and O–H groups in total. The minimum absolute atomic E-state index is 0.190. The van der Waals surface area contributed by atoms with Gasteiger partial charge in [-0.15, -0.1) is 0 Å². The molecule has 2 heterocycles. The summed E-state index contributed by atoms with van der Waals surface area (Å²) in [6, 6.07) is 3.62. The highest BCUT2D eigenvalue weighted by atomic mass is 19.1. The zero-order chi connectivity index (χ0) is 11.1. The molecule has 1 saturated heterocycles. The van der Waals surface area contributed by atoms with Gasteiger partial charge in [-0.2, -0.15) is 0 Å². The van der Waals surface area contributed by atoms with Crippen molar-refractivity contribution in [3.8, 4) is 0 Å². The van der Waals surface area contributed by atoms with E-state index < -0.39 is 0 Å². The van der Waals surface area contributed by atoms with E-state index in [2.05, 4.69) is 15.3 Å². The Morgan fingerprint density at radius 2 is 2.31 bits per heavy atom. The van der Waals surface area contributed by atoms with Crippen molar-refractivity contribution in [2.45, 2.75) is 25.8 Å². The lowest BCUT2D eigenvalue weighted by Gasteiger charge is -2.04. The summed E-state index contributed by atoms with van der Waals surface area (Å²) in [6.45, 7) is 2.80. The van der Waals surface area contributed by atoms with Crippen molar-refractivity contribution < 1.29 is 4.39 Å². The molecule has 1 aliphatic heterocycles. The van der Waals surface area contributed by atoms with E-state index in [9.17, 15) is 4.39 Å². The summed E-state index contributed by atoms with van der Waals surface area (Å²) in [5, 5.41) is 3.38. The lowest BCUT2D eigenvalue weighted by atomic mass is 10.2. The van der Waals surface area contributed by atoms with Crippen molar-refractivity contribution in [2.24, 2.45) is 0 Å². The number of hydrogen-bond donors (Lipinski definition) is 2. The third-order valence-electron chi connectivity index (χ3n) is 3.17. The molecule has 4 heteroatoms. The maximum Gasteiger partial charge on any atom is 0.128 e. The van der Waals surface area contributed by atoms with Gasteiger partial charge in [-0.3, -0.25) is 0 Å². The molecular formula is C12H14FN3. The molecule has 1 atom stereocenters. The quantitative estimate of drug-likeness (QED) is 0.773. The van der Waals surface area contributed by atoms with Gasteiger partial charge in [-0.1, -0.05) is 0 Å². The number of imidazole rings is 1. The molecule has 0 bridgehead atoms. The Kier molecular flexibility index (Phi) is 2.17. The number of aromatic nitrogens is 2. The second-order valence-corrected chi connectivity index (χ2v) is 4.39. The molecule has 1 aromatic heterocycles. The number of aryl methyl sites for hydroxylation is 1. The van der Waals surface area contributed by atoms with Gasteiger partial charge in [0.25, 0.3) is 0 Å². The summed E-state index contributed by atoms with van der Waals surface area (Å²) >= 11 is 0. The van der Waals surface area contributed by atoms with Crippen LogP contribution >= 0.6 is 0 Å². The fourth-order valence-electron chi connectivity index (χ4n) is 2.24. The standard InChI is InChI=1S/C12H14FN3/c1-7-5-10-11(6-8(7)13)16-12(15-10)9-3-2-4-14-9/h5-6,9,14H,2-4H2,1H3,(H,15,16)/t9-/m0/s1. The van der Waals surface area contributed by atoms with Crippen LogP contribution < -0.4 is 5.32 Å². The van der Waals surface area contributed by atoms with Gasteiger partial charge in [0.15, 0.2) is 0 Å². The van der Waals surface area contributed by atoms with Crippen molar-refractivity contribution in [3.63, 3.8) is 0 Å². The highest BCUT2D eigenvalue weighted by Gasteiger charge is 2.19. The molecule has 84 valence electrons. The average molecular weight is 219 g/mol. The van der Waals surface area contributed by atoms with Crippen molar-refractivity contribution in [1.82, 2.24) is 15.3 Å². The summed E-state index contributed by atoms with van der Waals surface area (Å²) in [7, 11) is 0. The van der Waals surface area contributed by atoms with Gasteiger partial charge in [0.1, 0.15) is 11.6 Å². The van der Waals surface area contributed by atoms with E-state index in [1.165, 1.54) is 12.5 Å². The van der Waals surface area contributed by atoms with E-state index in [4.69, 9.17) is 0 Å². The molecule has 0 aliphatic carbocycles. The number of aromatic amines is 1. The van der Waals surface area contributed by atoms with E-state index >= 15 is 0 Å². The van der Waals surface area contributed by atoms with Crippen molar-refractivity contribution in [1.29, 1.82) is 0 Å². The van der Waals surface area contributed by atoms with E-state index in [0.717, 1.165) is 24.3 Å². The second-order valence-electron chi connectivity index (χ2n) is 4.39. The molecule has 16 heavy (non-hydrogen) atoms. The van der Waals surface area contributed by atoms with E-state index in [1.807, 2.05) is 6.07 Å². The molecule has 3 nitrogen and oxygen atoms in total. The summed E-state index contributed by atoms with van der Waals surface area (Å²) < 4.78 is 13.4. The number of fused-ring (bicyclic) bond motifs is 1. The fraction of sp³-hybridized carbons (Fsp3) is 0.417. The summed E-state index contributed by atoms with van der Waals surface area (Å²) in [6.07, 6.45) is 2.27. The first-order valence-electron chi connectivity index (χ1n) is 5.63. The smallest absolute Gasteiger partial charge is 0.128 e. The summed E-state index contributed by atoms with van der Waals surface area (Å²) in [5.41, 5.74) is 2.29. The number of H-pyrrole nitrogens is 1. The van der Waals surface area contributed by atoms with Crippen molar-refractivity contribution >= 4 is 11.0 Å². The lowest BCUT2D eigenvalue weighted by Crippen LogP contribution is -2.13. The Balaban J connectivity index is 2.08. The molecule has 1 fully saturated rings. The largest absolute Gasteiger partial charge is 0.341 e. The van der Waals surface area contributed by atoms with Gasteiger partial charge in [-0.05, 0) is 37.9 Å². The van der Waals surface area contributed by atoms with Crippen LogP contribution in [0.4, 0.5) is 4.39 Å². The number of hydrogen-bond acceptors (Lipinski definition) is 2. The molecule has 0 spiro atoms. The fourth-order valence-corrected chi connectivity index (χ4v) is 2.24. The molecular weight excluding hydrogens is 205 g/mol. The van der Waals surface area contributed by atoms with E-state index in [-0.39, 0.29) is 5.82 Å². The van der Waals surface area contributed by atoms with Crippen LogP contribution in [0.2, 0.25) is 0 Å². The Morgan fingerprint density at radius 1 is 1.44 bits per heavy atom. The zero-order valence-electron chi connectivity index (χ0n) is 9.18. The summed E-state index contributed by atoms with van der Waals surface area (Å²) in [5.74, 6) is 0.738. The highest BCUT2D eigenvalue weighted by molar-refractivity contribution is 5.76. The van der Waals surface area contributed by atoms with Gasteiger partial charge >= 0.3 is 0 Å². The number of halogens is 1. The maximum atomic E-state index is 13.4. The topological polar surface area (TPSA) is 40.7 Å². The molecule has 0 saturated carbocycles. The van der Waals surface area contributed by atoms with Crippen LogP contribution in [-0.2, 0) is 0 Å². The predicted octanol–water partition coefficient (Wildman–Crippen LogP) is 2.43. The monoisotopic (exact) mass is 219 g/mol. The minimum Gasteiger partial charge on any atom is -0.341 e. The van der Waals surface area contributed by atoms with Crippen molar-refractivity contribution in [2.75, 3.05) is 6.54 Å². The van der Waals surface area contributed by atoms with Crippen LogP contribution in [0, 0.1) is 12.7 Å². The third kappa shape index (κ3) is 1.50. The Hall–Kier alpha value is -1.42. The predicted molar refractivity (Wildman–Crippen MR) is 60.8 cm³/mol. The van der Waals surface area contributed by atoms with Gasteiger partial charge in [-0.25, -0.2) is 9.37 Å². The lowest BCUT2D eigenvalue weighted by molar-refractivity contribution is 0.614. The number of nitrogens with one attached hydrogen (secondary N) is 2. The normalized spacial score (nSPS) is 20.8. The number of nitrogens with zero attached hydrogens (tertiary/aromatic N) is 1. The molecule has 0 radical (unpaired) electrons. The van der Waals surface area contributed by atoms with Gasteiger partial charge < -0.3 is 10.3 Å². The molecule has 0 unspecified atom stereocenters. The summed E-state index contributed by atoms with van der Waals surface area (Å²) in [4.78, 5) is 7.70. The van der Waals surface area contributed by atoms with Crippen LogP contribution in [0.1, 0.15) is 30.3 Å². The minimum atomic E-state index is -0.190. The Morgan fingerprint density at radius 3 is 3.06 bits per heavy atom. The average Bonchev–Trinajstić information content (AvgIpc) is 2.86. The van der Waals surface area contributed by atoms with Gasteiger partial charge in [0, 0.05) is 6.07 Å². The molecule has 1 aliphatic rings. The number of rotatable bonds is 1. The van der Waals surface area contributed by atoms with Crippen LogP contribution in [0.5, 0.6) is 0 Å². The van der Waals surface area contributed by atoms with Gasteiger partial charge in [0.05, 0.1) is 17.1 Å². The van der Waals surface area contributed by atoms with E-state index in [0.29, 0.717) is 17.1 Å². The van der Waals surface area contributed by atoms with Crippen LogP contribution in [0.25, 0.3) is 11.0 Å². The van der Waals surface area contributed by atoms with Gasteiger partial charge in [0.2, 0.25) is 0 Å². The van der Waals surface area contributed by atoms with Crippen LogP contribution in [0.15, 0.2) is 12.1 Å². The molecule has 1 aromatic carbocycles. The third-order valence-corrected chi connectivity index (χ3v) is 3.17. The molecule has 0 amide bonds. The van der Waals surface area contributed by atoms with Crippen LogP contribution in [-0.4, -0.2) is 16.5 Å². The van der Waals surface area contributed by atoms with E-state index in [1.54, 1.807) is 6.92 Å². The van der Waals surface area contributed by atoms with Crippen molar-refractivity contribution in [3.05, 3.63) is 29.3 Å². The first kappa shape index (κ1) is 9.78. The maximum absolute atomic E-state index is 13.4. The molecule has 3 rings (SSSR count). The second kappa shape index (κ2) is 3.56. The highest BCUT2D eigenvalue weighted by Crippen LogP contribution is 2.24. The number of benzene rings is 1. The SMILES string of the molecule is Cc1cc2[nH]c([C@@H]3CCCN3)nc2cc1F. The first-order valence-corrected chi connectivity index (χ1v) is 5.63. The Labute approximate surface area is 93.1 Å². The Bertz CT molecular complexity index is 487. The first-order chi connectivity index (χ1) is 7.74.